The summed E-state index contributed by atoms with van der Waals surface area (Å²) in [6.07, 6.45) is 4.57. The van der Waals surface area contributed by atoms with Crippen LogP contribution >= 0.6 is 0 Å². The van der Waals surface area contributed by atoms with Crippen molar-refractivity contribution >= 4 is 18.1 Å². The first-order chi connectivity index (χ1) is 11.0. The molecule has 0 aliphatic heterocycles. The third kappa shape index (κ3) is 3.82. The number of hydrogen-bond donors (Lipinski definition) is 2. The number of ether oxygens (including phenoxy) is 1. The highest BCUT2D eigenvalue weighted by atomic mass is 16.5. The number of hydrogen-bond acceptors (Lipinski definition) is 5. The van der Waals surface area contributed by atoms with Crippen molar-refractivity contribution in [2.75, 3.05) is 6.61 Å². The number of esters is 1. The third-order valence-electron chi connectivity index (χ3n) is 3.28. The lowest BCUT2D eigenvalue weighted by Gasteiger charge is -2.00. The van der Waals surface area contributed by atoms with E-state index in [9.17, 15) is 9.59 Å². The molecule has 2 N–H and O–H groups in total. The Hall–Kier alpha value is -2.96. The lowest BCUT2D eigenvalue weighted by atomic mass is 10.1. The van der Waals surface area contributed by atoms with Gasteiger partial charge in [0.15, 0.2) is 0 Å². The topological polar surface area (TPSA) is 96.4 Å². The lowest BCUT2D eigenvalue weighted by Crippen LogP contribution is -2.17. The Balaban J connectivity index is 2.11. The summed E-state index contributed by atoms with van der Waals surface area (Å²) in [5.41, 5.74) is 5.53. The van der Waals surface area contributed by atoms with Gasteiger partial charge in [0.1, 0.15) is 5.69 Å². The van der Waals surface area contributed by atoms with Gasteiger partial charge in [-0.25, -0.2) is 10.2 Å². The molecule has 2 aromatic heterocycles. The number of pyridine rings is 1. The molecule has 0 fully saturated rings. The number of nitrogens with one attached hydrogen (secondary N) is 2. The number of amides is 1. The molecule has 1 amide bonds. The normalized spacial score (nSPS) is 10.7. The molecular formula is C16H18N4O3. The van der Waals surface area contributed by atoms with Crippen molar-refractivity contribution < 1.29 is 14.3 Å². The van der Waals surface area contributed by atoms with Crippen molar-refractivity contribution in [3.63, 3.8) is 0 Å². The van der Waals surface area contributed by atoms with Gasteiger partial charge in [-0.1, -0.05) is 0 Å². The van der Waals surface area contributed by atoms with Crippen LogP contribution in [0.2, 0.25) is 0 Å². The molecule has 0 unspecified atom stereocenters. The van der Waals surface area contributed by atoms with E-state index in [4.69, 9.17) is 4.74 Å². The number of aromatic nitrogens is 2. The van der Waals surface area contributed by atoms with Crippen LogP contribution in [0.5, 0.6) is 0 Å². The predicted molar refractivity (Wildman–Crippen MR) is 85.5 cm³/mol. The molecule has 0 atom stereocenters. The Bertz CT molecular complexity index is 735. The maximum atomic E-state index is 11.9. The van der Waals surface area contributed by atoms with Crippen LogP contribution in [0.1, 0.15) is 44.6 Å². The van der Waals surface area contributed by atoms with Crippen LogP contribution in [-0.4, -0.2) is 34.7 Å². The van der Waals surface area contributed by atoms with Gasteiger partial charge in [-0.3, -0.25) is 9.78 Å². The second-order valence-electron chi connectivity index (χ2n) is 4.82. The first-order valence-corrected chi connectivity index (χ1v) is 7.14. The third-order valence-corrected chi connectivity index (χ3v) is 3.28. The van der Waals surface area contributed by atoms with Crippen LogP contribution < -0.4 is 5.43 Å². The van der Waals surface area contributed by atoms with E-state index in [1.807, 2.05) is 6.92 Å². The zero-order chi connectivity index (χ0) is 16.8. The lowest BCUT2D eigenvalue weighted by molar-refractivity contribution is 0.0519. The highest BCUT2D eigenvalue weighted by Crippen LogP contribution is 2.16. The quantitative estimate of drug-likeness (QED) is 0.501. The van der Waals surface area contributed by atoms with Gasteiger partial charge in [-0.15, -0.1) is 0 Å². The molecule has 0 radical (unpaired) electrons. The van der Waals surface area contributed by atoms with E-state index in [1.54, 1.807) is 26.0 Å². The summed E-state index contributed by atoms with van der Waals surface area (Å²) >= 11 is 0. The highest BCUT2D eigenvalue weighted by Gasteiger charge is 2.17. The maximum Gasteiger partial charge on any atom is 0.355 e. The van der Waals surface area contributed by atoms with E-state index in [0.29, 0.717) is 17.9 Å². The van der Waals surface area contributed by atoms with Gasteiger partial charge in [-0.05, 0) is 38.5 Å². The molecule has 0 aromatic carbocycles. The van der Waals surface area contributed by atoms with Crippen LogP contribution in [0, 0.1) is 13.8 Å². The Morgan fingerprint density at radius 2 is 2.04 bits per heavy atom. The molecule has 2 rings (SSSR count). The average Bonchev–Trinajstić information content (AvgIpc) is 2.84. The number of rotatable bonds is 5. The minimum absolute atomic E-state index is 0.307. The van der Waals surface area contributed by atoms with Gasteiger partial charge in [0.25, 0.3) is 5.91 Å². The van der Waals surface area contributed by atoms with Gasteiger partial charge in [-0.2, -0.15) is 5.10 Å². The number of carbonyl (C=O) groups excluding carboxylic acids is 2. The first-order valence-electron chi connectivity index (χ1n) is 7.14. The number of H-pyrrole nitrogens is 1. The highest BCUT2D eigenvalue weighted by molar-refractivity contribution is 5.96. The Labute approximate surface area is 133 Å². The summed E-state index contributed by atoms with van der Waals surface area (Å²) in [5, 5.41) is 3.94. The zero-order valence-electron chi connectivity index (χ0n) is 13.2. The minimum atomic E-state index is -0.409. The molecule has 0 aliphatic rings. The molecule has 2 aromatic rings. The number of aryl methyl sites for hydroxylation is 1. The van der Waals surface area contributed by atoms with E-state index in [2.05, 4.69) is 20.5 Å². The van der Waals surface area contributed by atoms with Crippen LogP contribution in [-0.2, 0) is 4.74 Å². The molecule has 0 bridgehead atoms. The Kier molecular flexibility index (Phi) is 5.24. The summed E-state index contributed by atoms with van der Waals surface area (Å²) in [6, 6.07) is 3.19. The van der Waals surface area contributed by atoms with Crippen molar-refractivity contribution in [1.82, 2.24) is 15.4 Å². The van der Waals surface area contributed by atoms with Crippen LogP contribution in [0.15, 0.2) is 29.6 Å². The predicted octanol–water partition coefficient (Wildman–Crippen LogP) is 1.97. The molecule has 0 spiro atoms. The monoisotopic (exact) mass is 314 g/mol. The van der Waals surface area contributed by atoms with Crippen LogP contribution in [0.3, 0.4) is 0 Å². The van der Waals surface area contributed by atoms with Gasteiger partial charge in [0, 0.05) is 29.2 Å². The van der Waals surface area contributed by atoms with Gasteiger partial charge in [0.2, 0.25) is 0 Å². The van der Waals surface area contributed by atoms with Crippen LogP contribution in [0.4, 0.5) is 0 Å². The Morgan fingerprint density at radius 3 is 2.70 bits per heavy atom. The van der Waals surface area contributed by atoms with E-state index in [-0.39, 0.29) is 5.91 Å². The van der Waals surface area contributed by atoms with Gasteiger partial charge < -0.3 is 9.72 Å². The van der Waals surface area contributed by atoms with E-state index >= 15 is 0 Å². The van der Waals surface area contributed by atoms with Crippen molar-refractivity contribution in [2.45, 2.75) is 20.8 Å². The zero-order valence-corrected chi connectivity index (χ0v) is 13.2. The van der Waals surface area contributed by atoms with E-state index < -0.39 is 5.97 Å². The fraction of sp³-hybridized carbons (Fsp3) is 0.250. The molecule has 0 aliphatic carbocycles. The smallest absolute Gasteiger partial charge is 0.355 e. The summed E-state index contributed by atoms with van der Waals surface area (Å²) in [6.45, 7) is 5.67. The standard InChI is InChI=1S/C16H18N4O3/c1-4-23-16(22)14-10(2)13(11(3)19-14)9-18-20-15(21)12-5-7-17-8-6-12/h5-9,19H,4H2,1-3H3,(H,20,21)/b18-9+. The molecule has 7 heteroatoms. The van der Waals surface area contributed by atoms with E-state index in [1.165, 1.54) is 18.6 Å². The fourth-order valence-corrected chi connectivity index (χ4v) is 2.09. The maximum absolute atomic E-state index is 11.9. The summed E-state index contributed by atoms with van der Waals surface area (Å²) < 4.78 is 4.99. The van der Waals surface area contributed by atoms with Crippen molar-refractivity contribution in [2.24, 2.45) is 5.10 Å². The molecule has 120 valence electrons. The van der Waals surface area contributed by atoms with Crippen molar-refractivity contribution in [3.05, 3.63) is 52.6 Å². The minimum Gasteiger partial charge on any atom is -0.461 e. The fourth-order valence-electron chi connectivity index (χ4n) is 2.09. The van der Waals surface area contributed by atoms with Crippen LogP contribution in [0.25, 0.3) is 0 Å². The van der Waals surface area contributed by atoms with Gasteiger partial charge >= 0.3 is 5.97 Å². The molecule has 7 nitrogen and oxygen atoms in total. The SMILES string of the molecule is CCOC(=O)c1[nH]c(C)c(/C=N/NC(=O)c2ccncc2)c1C. The average molecular weight is 314 g/mol. The van der Waals surface area contributed by atoms with Crippen molar-refractivity contribution in [3.8, 4) is 0 Å². The number of aromatic amines is 1. The first kappa shape index (κ1) is 16.4. The molecular weight excluding hydrogens is 296 g/mol. The molecule has 2 heterocycles. The van der Waals surface area contributed by atoms with Gasteiger partial charge in [0.05, 0.1) is 12.8 Å². The second kappa shape index (κ2) is 7.35. The van der Waals surface area contributed by atoms with E-state index in [0.717, 1.165) is 16.8 Å². The summed E-state index contributed by atoms with van der Waals surface area (Å²) in [5.74, 6) is -0.742. The summed E-state index contributed by atoms with van der Waals surface area (Å²) in [7, 11) is 0. The number of nitrogens with zero attached hydrogens (tertiary/aromatic N) is 2. The molecule has 0 saturated carbocycles. The second-order valence-corrected chi connectivity index (χ2v) is 4.82. The number of carbonyl (C=O) groups is 2. The molecule has 0 saturated heterocycles. The molecule has 23 heavy (non-hydrogen) atoms. The largest absolute Gasteiger partial charge is 0.461 e. The van der Waals surface area contributed by atoms with Crippen molar-refractivity contribution in [1.29, 1.82) is 0 Å². The Morgan fingerprint density at radius 1 is 1.35 bits per heavy atom. The number of hydrazone groups is 1. The summed E-state index contributed by atoms with van der Waals surface area (Å²) in [4.78, 5) is 30.5.